The lowest BCUT2D eigenvalue weighted by Gasteiger charge is -2.35. The van der Waals surface area contributed by atoms with Crippen LogP contribution in [0.25, 0.3) is 10.9 Å². The number of halogens is 1. The zero-order chi connectivity index (χ0) is 19.8. The first-order chi connectivity index (χ1) is 14.1. The molecule has 2 fully saturated rings. The molecule has 0 unspecified atom stereocenters. The topological polar surface area (TPSA) is 45.6 Å². The number of rotatable bonds is 4. The lowest BCUT2D eigenvalue weighted by Crippen LogP contribution is -2.42. The van der Waals surface area contributed by atoms with Gasteiger partial charge in [0, 0.05) is 36.2 Å². The lowest BCUT2D eigenvalue weighted by molar-refractivity contribution is -0.0231. The highest BCUT2D eigenvalue weighted by molar-refractivity contribution is 6.30. The smallest absolute Gasteiger partial charge is 0.125 e. The van der Waals surface area contributed by atoms with Gasteiger partial charge in [-0.25, -0.2) is 0 Å². The Hall–Kier alpha value is -2.14. The van der Waals surface area contributed by atoms with Crippen molar-refractivity contribution in [3.05, 3.63) is 71.4 Å². The number of nitrogens with zero attached hydrogens (tertiary/aromatic N) is 2. The van der Waals surface area contributed by atoms with Crippen LogP contribution in [0.5, 0.6) is 5.75 Å². The largest absolute Gasteiger partial charge is 0.488 e. The summed E-state index contributed by atoms with van der Waals surface area (Å²) in [5, 5.41) is 12.5. The highest BCUT2D eigenvalue weighted by Crippen LogP contribution is 2.38. The van der Waals surface area contributed by atoms with Crippen molar-refractivity contribution in [3.63, 3.8) is 0 Å². The van der Waals surface area contributed by atoms with E-state index < -0.39 is 6.10 Å². The van der Waals surface area contributed by atoms with E-state index in [1.165, 1.54) is 10.9 Å². The van der Waals surface area contributed by atoms with Gasteiger partial charge >= 0.3 is 0 Å². The van der Waals surface area contributed by atoms with E-state index in [4.69, 9.17) is 16.3 Å². The van der Waals surface area contributed by atoms with Crippen molar-refractivity contribution in [2.45, 2.75) is 31.6 Å². The number of ether oxygens (including phenoxy) is 1. The number of aliphatic hydroxyl groups excluding tert-OH is 1. The Balaban J connectivity index is 1.24. The summed E-state index contributed by atoms with van der Waals surface area (Å²) in [6, 6.07) is 18.1. The van der Waals surface area contributed by atoms with Crippen LogP contribution in [0, 0.1) is 11.8 Å². The van der Waals surface area contributed by atoms with Crippen LogP contribution in [-0.2, 0) is 6.54 Å². The summed E-state index contributed by atoms with van der Waals surface area (Å²) in [4.78, 5) is 6.92. The van der Waals surface area contributed by atoms with Crippen molar-refractivity contribution in [2.24, 2.45) is 11.8 Å². The van der Waals surface area contributed by atoms with Gasteiger partial charge < -0.3 is 9.84 Å². The van der Waals surface area contributed by atoms with Gasteiger partial charge in [-0.1, -0.05) is 29.8 Å². The number of likely N-dealkylation sites (tertiary alicyclic amines) is 1. The molecule has 5 rings (SSSR count). The van der Waals surface area contributed by atoms with E-state index in [1.807, 2.05) is 36.5 Å². The number of aromatic nitrogens is 1. The van der Waals surface area contributed by atoms with E-state index in [0.29, 0.717) is 16.9 Å². The first-order valence-electron chi connectivity index (χ1n) is 10.3. The highest BCUT2D eigenvalue weighted by Gasteiger charge is 2.42. The summed E-state index contributed by atoms with van der Waals surface area (Å²) in [5.41, 5.74) is 2.35. The zero-order valence-electron chi connectivity index (χ0n) is 16.2. The van der Waals surface area contributed by atoms with Crippen LogP contribution in [-0.4, -0.2) is 40.3 Å². The third kappa shape index (κ3) is 4.11. The fourth-order valence-corrected chi connectivity index (χ4v) is 5.12. The molecule has 5 heteroatoms. The molecular weight excluding hydrogens is 384 g/mol. The quantitative estimate of drug-likeness (QED) is 0.688. The van der Waals surface area contributed by atoms with Crippen molar-refractivity contribution in [2.75, 3.05) is 13.1 Å². The molecule has 1 saturated heterocycles. The second-order valence-electron chi connectivity index (χ2n) is 8.40. The minimum Gasteiger partial charge on any atom is -0.488 e. The van der Waals surface area contributed by atoms with Crippen molar-refractivity contribution in [1.29, 1.82) is 0 Å². The van der Waals surface area contributed by atoms with Crippen LogP contribution in [0.15, 0.2) is 60.8 Å². The maximum atomic E-state index is 10.7. The molecule has 150 valence electrons. The standard InChI is InChI=1S/C24H25ClN2O2/c25-20-4-1-5-21(12-20)29-24-11-19-15-27(14-18(19)10-23(24)28)13-16-6-7-22-17(9-16)3-2-8-26-22/h1-9,12,18-19,23-24,28H,10-11,13-15H2/t18-,19+,23+,24+/m0/s1. The van der Waals surface area contributed by atoms with E-state index in [2.05, 4.69) is 34.1 Å². The molecule has 0 amide bonds. The molecule has 0 spiro atoms. The normalized spacial score (nSPS) is 27.1. The Bertz CT molecular complexity index is 1010. The fourth-order valence-electron chi connectivity index (χ4n) is 4.94. The maximum Gasteiger partial charge on any atom is 0.125 e. The Morgan fingerprint density at radius 1 is 1.03 bits per heavy atom. The van der Waals surface area contributed by atoms with Gasteiger partial charge in [0.1, 0.15) is 11.9 Å². The average Bonchev–Trinajstić information content (AvgIpc) is 3.09. The molecule has 1 aliphatic heterocycles. The molecule has 29 heavy (non-hydrogen) atoms. The molecule has 2 heterocycles. The van der Waals surface area contributed by atoms with Gasteiger partial charge in [0.2, 0.25) is 0 Å². The number of hydrogen-bond acceptors (Lipinski definition) is 4. The second kappa shape index (κ2) is 7.94. The van der Waals surface area contributed by atoms with E-state index in [0.717, 1.165) is 43.7 Å². The molecule has 0 radical (unpaired) electrons. The SMILES string of the molecule is O[C@@H]1C[C@H]2CN(Cc3ccc4ncccc4c3)C[C@H]2C[C@H]1Oc1cccc(Cl)c1. The Kier molecular flexibility index (Phi) is 5.17. The average molecular weight is 409 g/mol. The Morgan fingerprint density at radius 2 is 1.90 bits per heavy atom. The van der Waals surface area contributed by atoms with Crippen molar-refractivity contribution < 1.29 is 9.84 Å². The predicted octanol–water partition coefficient (Wildman–Crippen LogP) is 4.54. The van der Waals surface area contributed by atoms with Crippen molar-refractivity contribution >= 4 is 22.5 Å². The summed E-state index contributed by atoms with van der Waals surface area (Å²) in [7, 11) is 0. The fraction of sp³-hybridized carbons (Fsp3) is 0.375. The van der Waals surface area contributed by atoms with Crippen LogP contribution in [0.3, 0.4) is 0 Å². The zero-order valence-corrected chi connectivity index (χ0v) is 17.0. The highest BCUT2D eigenvalue weighted by atomic mass is 35.5. The molecule has 1 aliphatic carbocycles. The molecule has 1 aromatic heterocycles. The van der Waals surface area contributed by atoms with E-state index >= 15 is 0 Å². The molecule has 4 nitrogen and oxygen atoms in total. The first kappa shape index (κ1) is 18.9. The van der Waals surface area contributed by atoms with Gasteiger partial charge in [0.05, 0.1) is 11.6 Å². The Labute approximate surface area is 176 Å². The van der Waals surface area contributed by atoms with Crippen LogP contribution >= 0.6 is 11.6 Å². The van der Waals surface area contributed by atoms with E-state index in [9.17, 15) is 5.11 Å². The summed E-state index contributed by atoms with van der Waals surface area (Å²) >= 11 is 6.07. The third-order valence-electron chi connectivity index (χ3n) is 6.32. The monoisotopic (exact) mass is 408 g/mol. The summed E-state index contributed by atoms with van der Waals surface area (Å²) in [5.74, 6) is 1.83. The molecule has 0 bridgehead atoms. The van der Waals surface area contributed by atoms with Crippen molar-refractivity contribution in [1.82, 2.24) is 9.88 Å². The van der Waals surface area contributed by atoms with Gasteiger partial charge in [-0.3, -0.25) is 9.88 Å². The van der Waals surface area contributed by atoms with Gasteiger partial charge in [-0.05, 0) is 66.6 Å². The molecule has 2 aliphatic rings. The lowest BCUT2D eigenvalue weighted by atomic mass is 9.78. The van der Waals surface area contributed by atoms with Gasteiger partial charge in [0.15, 0.2) is 0 Å². The third-order valence-corrected chi connectivity index (χ3v) is 6.55. The first-order valence-corrected chi connectivity index (χ1v) is 10.7. The van der Waals surface area contributed by atoms with Gasteiger partial charge in [-0.2, -0.15) is 0 Å². The molecule has 1 N–H and O–H groups in total. The summed E-state index contributed by atoms with van der Waals surface area (Å²) in [6.45, 7) is 3.03. The summed E-state index contributed by atoms with van der Waals surface area (Å²) in [6.07, 6.45) is 2.92. The Morgan fingerprint density at radius 3 is 2.76 bits per heavy atom. The second-order valence-corrected chi connectivity index (χ2v) is 8.83. The summed E-state index contributed by atoms with van der Waals surface area (Å²) < 4.78 is 6.10. The van der Waals surface area contributed by atoms with Crippen LogP contribution < -0.4 is 4.74 Å². The molecule has 3 aromatic rings. The van der Waals surface area contributed by atoms with Gasteiger partial charge in [-0.15, -0.1) is 0 Å². The van der Waals surface area contributed by atoms with E-state index in [-0.39, 0.29) is 6.10 Å². The minimum absolute atomic E-state index is 0.165. The molecular formula is C24H25ClN2O2. The predicted molar refractivity (Wildman–Crippen MR) is 115 cm³/mol. The van der Waals surface area contributed by atoms with Crippen LogP contribution in [0.2, 0.25) is 5.02 Å². The number of aliphatic hydroxyl groups is 1. The molecule has 4 atom stereocenters. The molecule has 2 aromatic carbocycles. The number of pyridine rings is 1. The van der Waals surface area contributed by atoms with Gasteiger partial charge in [0.25, 0.3) is 0 Å². The number of benzene rings is 2. The maximum absolute atomic E-state index is 10.7. The van der Waals surface area contributed by atoms with Crippen LogP contribution in [0.1, 0.15) is 18.4 Å². The van der Waals surface area contributed by atoms with Crippen LogP contribution in [0.4, 0.5) is 0 Å². The number of fused-ring (bicyclic) bond motifs is 2. The number of hydrogen-bond donors (Lipinski definition) is 1. The minimum atomic E-state index is -0.429. The van der Waals surface area contributed by atoms with Crippen molar-refractivity contribution in [3.8, 4) is 5.75 Å². The molecule has 1 saturated carbocycles. The van der Waals surface area contributed by atoms with E-state index in [1.54, 1.807) is 0 Å².